The van der Waals surface area contributed by atoms with Gasteiger partial charge in [-0.25, -0.2) is 4.68 Å². The van der Waals surface area contributed by atoms with Gasteiger partial charge < -0.3 is 5.11 Å². The summed E-state index contributed by atoms with van der Waals surface area (Å²) in [5.74, 6) is -0.0913. The average molecular weight is 351 g/mol. The second kappa shape index (κ2) is 6.02. The fourth-order valence-corrected chi connectivity index (χ4v) is 3.07. The molecule has 0 unspecified atom stereocenters. The zero-order valence-corrected chi connectivity index (χ0v) is 14.3. The Kier molecular flexibility index (Phi) is 4.52. The molecule has 2 aromatic rings. The maximum Gasteiger partial charge on any atom is 0.278 e. The Morgan fingerprint density at radius 2 is 1.71 bits per heavy atom. The van der Waals surface area contributed by atoms with Gasteiger partial charge in [-0.1, -0.05) is 31.5 Å². The molecule has 0 aliphatic rings. The summed E-state index contributed by atoms with van der Waals surface area (Å²) in [5.41, 5.74) is 4.18. The lowest BCUT2D eigenvalue weighted by molar-refractivity contribution is 0.461. The number of aromatic nitrogens is 2. The lowest BCUT2D eigenvalue weighted by atomic mass is 9.90. The van der Waals surface area contributed by atoms with Crippen molar-refractivity contribution in [3.63, 3.8) is 0 Å². The molecule has 21 heavy (non-hydrogen) atoms. The van der Waals surface area contributed by atoms with Crippen LogP contribution in [0.3, 0.4) is 0 Å². The molecule has 0 spiro atoms. The summed E-state index contributed by atoms with van der Waals surface area (Å²) in [5, 5.41) is 14.3. The van der Waals surface area contributed by atoms with Gasteiger partial charge in [0, 0.05) is 7.05 Å². The molecule has 4 nitrogen and oxygen atoms in total. The SMILES string of the molecule is CCc1cc(C)cc(CC)c1-c1c(O)c(Br)nn(C)c1=O. The van der Waals surface area contributed by atoms with E-state index in [4.69, 9.17) is 0 Å². The molecule has 112 valence electrons. The van der Waals surface area contributed by atoms with Crippen LogP contribution in [-0.4, -0.2) is 14.9 Å². The molecule has 0 radical (unpaired) electrons. The van der Waals surface area contributed by atoms with Gasteiger partial charge in [-0.2, -0.15) is 5.10 Å². The van der Waals surface area contributed by atoms with E-state index in [1.165, 1.54) is 4.68 Å². The average Bonchev–Trinajstić information content (AvgIpc) is 2.46. The molecule has 0 amide bonds. The number of nitrogens with zero attached hydrogens (tertiary/aromatic N) is 2. The molecule has 2 rings (SSSR count). The van der Waals surface area contributed by atoms with Crippen LogP contribution in [0.25, 0.3) is 11.1 Å². The van der Waals surface area contributed by atoms with Crippen molar-refractivity contribution in [1.82, 2.24) is 9.78 Å². The molecule has 1 heterocycles. The fourth-order valence-electron chi connectivity index (χ4n) is 2.64. The van der Waals surface area contributed by atoms with Gasteiger partial charge in [0.15, 0.2) is 10.4 Å². The molecule has 0 bridgehead atoms. The van der Waals surface area contributed by atoms with Crippen LogP contribution >= 0.6 is 15.9 Å². The van der Waals surface area contributed by atoms with E-state index < -0.39 is 0 Å². The monoisotopic (exact) mass is 350 g/mol. The van der Waals surface area contributed by atoms with E-state index in [1.807, 2.05) is 6.92 Å². The summed E-state index contributed by atoms with van der Waals surface area (Å²) >= 11 is 3.21. The van der Waals surface area contributed by atoms with Crippen LogP contribution in [0.1, 0.15) is 30.5 Å². The van der Waals surface area contributed by atoms with Crippen LogP contribution in [0, 0.1) is 6.92 Å². The summed E-state index contributed by atoms with van der Waals surface area (Å²) in [6, 6.07) is 4.14. The highest BCUT2D eigenvalue weighted by Gasteiger charge is 2.21. The number of halogens is 1. The Morgan fingerprint density at radius 1 is 1.19 bits per heavy atom. The molecule has 1 aromatic carbocycles. The van der Waals surface area contributed by atoms with Gasteiger partial charge in [0.2, 0.25) is 0 Å². The highest BCUT2D eigenvalue weighted by Crippen LogP contribution is 2.36. The van der Waals surface area contributed by atoms with Crippen LogP contribution in [0.15, 0.2) is 21.5 Å². The first-order valence-corrected chi connectivity index (χ1v) is 7.78. The number of hydrogen-bond acceptors (Lipinski definition) is 3. The summed E-state index contributed by atoms with van der Waals surface area (Å²) < 4.78 is 1.53. The molecule has 5 heteroatoms. The Bertz CT molecular complexity index is 726. The highest BCUT2D eigenvalue weighted by molar-refractivity contribution is 9.10. The maximum atomic E-state index is 12.5. The van der Waals surface area contributed by atoms with Crippen LogP contribution in [0.5, 0.6) is 5.75 Å². The van der Waals surface area contributed by atoms with E-state index in [0.29, 0.717) is 5.56 Å². The van der Waals surface area contributed by atoms with Crippen molar-refractivity contribution in [3.8, 4) is 16.9 Å². The standard InChI is InChI=1S/C16H19BrN2O2/c1-5-10-7-9(3)8-11(6-2)12(10)13-14(20)15(17)18-19(4)16(13)21/h7-8,20H,5-6H2,1-4H3. The lowest BCUT2D eigenvalue weighted by Gasteiger charge is -2.16. The van der Waals surface area contributed by atoms with Crippen molar-refractivity contribution >= 4 is 15.9 Å². The largest absolute Gasteiger partial charge is 0.504 e. The zero-order valence-electron chi connectivity index (χ0n) is 12.7. The van der Waals surface area contributed by atoms with Gasteiger partial charge in [0.25, 0.3) is 5.56 Å². The summed E-state index contributed by atoms with van der Waals surface area (Å²) in [4.78, 5) is 12.5. The third-order valence-electron chi connectivity index (χ3n) is 3.64. The van der Waals surface area contributed by atoms with Gasteiger partial charge in [-0.15, -0.1) is 0 Å². The first kappa shape index (κ1) is 15.8. The molecule has 1 aromatic heterocycles. The van der Waals surface area contributed by atoms with Gasteiger partial charge in [0.05, 0.1) is 5.56 Å². The van der Waals surface area contributed by atoms with Crippen molar-refractivity contribution in [1.29, 1.82) is 0 Å². The van der Waals surface area contributed by atoms with Gasteiger partial charge in [-0.05, 0) is 52.4 Å². The van der Waals surface area contributed by atoms with Crippen LogP contribution < -0.4 is 5.56 Å². The minimum absolute atomic E-state index is 0.0913. The minimum Gasteiger partial charge on any atom is -0.504 e. The minimum atomic E-state index is -0.288. The summed E-state index contributed by atoms with van der Waals surface area (Å²) in [6.45, 7) is 6.15. The number of hydrogen-bond donors (Lipinski definition) is 1. The Labute approximate surface area is 132 Å². The second-order valence-corrected chi connectivity index (χ2v) is 5.86. The smallest absolute Gasteiger partial charge is 0.278 e. The summed E-state index contributed by atoms with van der Waals surface area (Å²) in [7, 11) is 1.58. The maximum absolute atomic E-state index is 12.5. The predicted molar refractivity (Wildman–Crippen MR) is 87.8 cm³/mol. The van der Waals surface area contributed by atoms with E-state index >= 15 is 0 Å². The van der Waals surface area contributed by atoms with Crippen molar-refractivity contribution in [2.24, 2.45) is 7.05 Å². The number of aryl methyl sites for hydroxylation is 4. The van der Waals surface area contributed by atoms with Crippen LogP contribution in [-0.2, 0) is 19.9 Å². The van der Waals surface area contributed by atoms with Crippen LogP contribution in [0.2, 0.25) is 0 Å². The van der Waals surface area contributed by atoms with Crippen molar-refractivity contribution in [3.05, 3.63) is 43.8 Å². The third kappa shape index (κ3) is 2.75. The van der Waals surface area contributed by atoms with Gasteiger partial charge in [0.1, 0.15) is 0 Å². The van der Waals surface area contributed by atoms with E-state index in [9.17, 15) is 9.90 Å². The first-order chi connectivity index (χ1) is 9.90. The molecule has 0 atom stereocenters. The Hall–Kier alpha value is -1.62. The third-order valence-corrected chi connectivity index (χ3v) is 4.17. The van der Waals surface area contributed by atoms with Crippen LogP contribution in [0.4, 0.5) is 0 Å². The topological polar surface area (TPSA) is 55.1 Å². The first-order valence-electron chi connectivity index (χ1n) is 6.99. The molecule has 0 aliphatic carbocycles. The van der Waals surface area contributed by atoms with Crippen molar-refractivity contribution < 1.29 is 5.11 Å². The van der Waals surface area contributed by atoms with E-state index in [2.05, 4.69) is 47.0 Å². The highest BCUT2D eigenvalue weighted by atomic mass is 79.9. The Balaban J connectivity index is 2.94. The zero-order chi connectivity index (χ0) is 15.7. The molecular weight excluding hydrogens is 332 g/mol. The lowest BCUT2D eigenvalue weighted by Crippen LogP contribution is -2.22. The predicted octanol–water partition coefficient (Wildman–Crippen LogP) is 3.35. The molecular formula is C16H19BrN2O2. The van der Waals surface area contributed by atoms with E-state index in [-0.39, 0.29) is 15.9 Å². The molecule has 0 fully saturated rings. The second-order valence-electron chi connectivity index (χ2n) is 5.11. The quantitative estimate of drug-likeness (QED) is 0.923. The van der Waals surface area contributed by atoms with E-state index in [0.717, 1.165) is 35.1 Å². The van der Waals surface area contributed by atoms with E-state index in [1.54, 1.807) is 7.05 Å². The summed E-state index contributed by atoms with van der Waals surface area (Å²) in [6.07, 6.45) is 1.60. The number of benzene rings is 1. The molecule has 1 N–H and O–H groups in total. The number of aromatic hydroxyl groups is 1. The molecule has 0 saturated heterocycles. The normalized spacial score (nSPS) is 10.9. The van der Waals surface area contributed by atoms with Gasteiger partial charge >= 0.3 is 0 Å². The van der Waals surface area contributed by atoms with Gasteiger partial charge in [-0.3, -0.25) is 4.79 Å². The fraction of sp³-hybridized carbons (Fsp3) is 0.375. The molecule has 0 aliphatic heterocycles. The molecule has 0 saturated carbocycles. The Morgan fingerprint density at radius 3 is 2.19 bits per heavy atom. The number of rotatable bonds is 3. The van der Waals surface area contributed by atoms with Crippen molar-refractivity contribution in [2.75, 3.05) is 0 Å². The van der Waals surface area contributed by atoms with Crippen molar-refractivity contribution in [2.45, 2.75) is 33.6 Å².